The Hall–Kier alpha value is -3.82. The minimum atomic E-state index is -1.40. The van der Waals surface area contributed by atoms with Gasteiger partial charge in [-0.15, -0.1) is 0 Å². The Bertz CT molecular complexity index is 944. The summed E-state index contributed by atoms with van der Waals surface area (Å²) >= 11 is 0. The Morgan fingerprint density at radius 1 is 1.00 bits per heavy atom. The SMILES string of the molecule is N=C(N)c1ccc(NC(=O)CCC(=O)NC(Cc2cc(F)cc(F)c2)C(=O)O)cc1. The van der Waals surface area contributed by atoms with E-state index in [2.05, 4.69) is 10.6 Å². The molecule has 1 atom stereocenters. The third-order valence-electron chi connectivity index (χ3n) is 4.05. The Labute approximate surface area is 170 Å². The van der Waals surface area contributed by atoms with Crippen LogP contribution in [0, 0.1) is 17.0 Å². The Morgan fingerprint density at radius 3 is 2.10 bits per heavy atom. The first-order chi connectivity index (χ1) is 14.1. The zero-order valence-electron chi connectivity index (χ0n) is 15.7. The molecule has 6 N–H and O–H groups in total. The fourth-order valence-electron chi connectivity index (χ4n) is 2.61. The van der Waals surface area contributed by atoms with Gasteiger partial charge in [0, 0.05) is 36.6 Å². The number of nitrogens with one attached hydrogen (secondary N) is 3. The van der Waals surface area contributed by atoms with Gasteiger partial charge in [0.2, 0.25) is 11.8 Å². The first-order valence-electron chi connectivity index (χ1n) is 8.85. The van der Waals surface area contributed by atoms with Crippen molar-refractivity contribution in [2.24, 2.45) is 5.73 Å². The van der Waals surface area contributed by atoms with Crippen molar-refractivity contribution in [1.29, 1.82) is 5.41 Å². The fourth-order valence-corrected chi connectivity index (χ4v) is 2.61. The number of carbonyl (C=O) groups excluding carboxylic acids is 2. The number of anilines is 1. The highest BCUT2D eigenvalue weighted by atomic mass is 19.1. The number of amidine groups is 1. The van der Waals surface area contributed by atoms with Crippen molar-refractivity contribution in [1.82, 2.24) is 5.32 Å². The first kappa shape index (κ1) is 22.5. The molecule has 0 spiro atoms. The van der Waals surface area contributed by atoms with Gasteiger partial charge in [-0.05, 0) is 42.0 Å². The van der Waals surface area contributed by atoms with E-state index in [1.807, 2.05) is 0 Å². The number of hydrogen-bond donors (Lipinski definition) is 5. The number of hydrogen-bond acceptors (Lipinski definition) is 4. The van der Waals surface area contributed by atoms with Crippen LogP contribution in [0.25, 0.3) is 0 Å². The third-order valence-corrected chi connectivity index (χ3v) is 4.05. The predicted octanol–water partition coefficient (Wildman–Crippen LogP) is 1.78. The van der Waals surface area contributed by atoms with Crippen LogP contribution in [0.15, 0.2) is 42.5 Å². The maximum absolute atomic E-state index is 13.3. The van der Waals surface area contributed by atoms with E-state index in [9.17, 15) is 28.3 Å². The number of nitrogens with two attached hydrogens (primary N) is 1. The van der Waals surface area contributed by atoms with Crippen molar-refractivity contribution in [2.45, 2.75) is 25.3 Å². The molecule has 0 radical (unpaired) electrons. The molecule has 0 bridgehead atoms. The van der Waals surface area contributed by atoms with Gasteiger partial charge in [0.25, 0.3) is 0 Å². The second-order valence-electron chi connectivity index (χ2n) is 6.48. The minimum Gasteiger partial charge on any atom is -0.480 e. The third kappa shape index (κ3) is 6.97. The summed E-state index contributed by atoms with van der Waals surface area (Å²) in [5, 5.41) is 21.4. The summed E-state index contributed by atoms with van der Waals surface area (Å²) in [6, 6.07) is 7.42. The van der Waals surface area contributed by atoms with E-state index in [1.54, 1.807) is 24.3 Å². The number of halogens is 2. The molecule has 0 aliphatic carbocycles. The van der Waals surface area contributed by atoms with Crippen molar-refractivity contribution in [2.75, 3.05) is 5.32 Å². The highest BCUT2D eigenvalue weighted by Gasteiger charge is 2.21. The van der Waals surface area contributed by atoms with E-state index in [0.717, 1.165) is 12.1 Å². The van der Waals surface area contributed by atoms with Crippen LogP contribution in [0.1, 0.15) is 24.0 Å². The molecule has 30 heavy (non-hydrogen) atoms. The molecule has 0 saturated heterocycles. The number of rotatable bonds is 9. The van der Waals surface area contributed by atoms with Gasteiger partial charge in [-0.3, -0.25) is 15.0 Å². The van der Waals surface area contributed by atoms with Crippen molar-refractivity contribution in [3.05, 3.63) is 65.2 Å². The smallest absolute Gasteiger partial charge is 0.326 e. The van der Waals surface area contributed by atoms with E-state index in [4.69, 9.17) is 11.1 Å². The maximum atomic E-state index is 13.3. The molecule has 0 aromatic heterocycles. The van der Waals surface area contributed by atoms with E-state index < -0.39 is 35.5 Å². The molecular weight excluding hydrogens is 398 g/mol. The summed E-state index contributed by atoms with van der Waals surface area (Å²) in [7, 11) is 0. The van der Waals surface area contributed by atoms with Crippen LogP contribution in [-0.2, 0) is 20.8 Å². The largest absolute Gasteiger partial charge is 0.480 e. The van der Waals surface area contributed by atoms with Gasteiger partial charge >= 0.3 is 5.97 Å². The average Bonchev–Trinajstić information content (AvgIpc) is 2.65. The minimum absolute atomic E-state index is 0.0759. The van der Waals surface area contributed by atoms with Crippen molar-refractivity contribution < 1.29 is 28.3 Å². The number of carboxylic acids is 1. The van der Waals surface area contributed by atoms with Gasteiger partial charge < -0.3 is 21.5 Å². The monoisotopic (exact) mass is 418 g/mol. The van der Waals surface area contributed by atoms with Gasteiger partial charge in [-0.1, -0.05) is 0 Å². The molecule has 2 aromatic carbocycles. The molecule has 158 valence electrons. The summed E-state index contributed by atoms with van der Waals surface area (Å²) in [6.45, 7) is 0. The van der Waals surface area contributed by atoms with E-state index in [0.29, 0.717) is 17.3 Å². The van der Waals surface area contributed by atoms with Crippen LogP contribution < -0.4 is 16.4 Å². The molecule has 2 aromatic rings. The molecule has 8 nitrogen and oxygen atoms in total. The molecule has 1 unspecified atom stereocenters. The van der Waals surface area contributed by atoms with Crippen LogP contribution >= 0.6 is 0 Å². The topological polar surface area (TPSA) is 145 Å². The normalized spacial score (nSPS) is 11.4. The summed E-state index contributed by atoms with van der Waals surface area (Å²) in [6.07, 6.45) is -0.801. The lowest BCUT2D eigenvalue weighted by molar-refractivity contribution is -0.141. The summed E-state index contributed by atoms with van der Waals surface area (Å²) < 4.78 is 26.5. The molecule has 2 rings (SSSR count). The number of benzene rings is 2. The van der Waals surface area contributed by atoms with Crippen LogP contribution in [-0.4, -0.2) is 34.8 Å². The second-order valence-corrected chi connectivity index (χ2v) is 6.48. The van der Waals surface area contributed by atoms with E-state index in [1.165, 1.54) is 0 Å². The van der Waals surface area contributed by atoms with Gasteiger partial charge in [-0.2, -0.15) is 0 Å². The van der Waals surface area contributed by atoms with Crippen LogP contribution in [0.5, 0.6) is 0 Å². The second kappa shape index (κ2) is 10.1. The Morgan fingerprint density at radius 2 is 1.57 bits per heavy atom. The standard InChI is InChI=1S/C20H20F2N4O4/c21-13-7-11(8-14(22)10-13)9-16(20(29)30)26-18(28)6-5-17(27)25-15-3-1-12(2-4-15)19(23)24/h1-4,7-8,10,16H,5-6,9H2,(H3,23,24)(H,25,27)(H,26,28)(H,29,30). The number of carbonyl (C=O) groups is 3. The first-order valence-corrected chi connectivity index (χ1v) is 8.85. The zero-order valence-corrected chi connectivity index (χ0v) is 15.7. The molecule has 0 fully saturated rings. The van der Waals surface area contributed by atoms with Crippen LogP contribution in [0.2, 0.25) is 0 Å². The summed E-state index contributed by atoms with van der Waals surface area (Å²) in [5.74, 6) is -4.36. The number of nitrogen functional groups attached to an aromatic ring is 1. The Kier molecular flexibility index (Phi) is 7.56. The zero-order chi connectivity index (χ0) is 22.3. The molecule has 0 heterocycles. The van der Waals surface area contributed by atoms with Crippen LogP contribution in [0.4, 0.5) is 14.5 Å². The highest BCUT2D eigenvalue weighted by Crippen LogP contribution is 2.12. The van der Waals surface area contributed by atoms with Gasteiger partial charge in [0.15, 0.2) is 0 Å². The molecule has 0 aliphatic heterocycles. The molecule has 0 aliphatic rings. The molecule has 0 saturated carbocycles. The molecule has 2 amide bonds. The highest BCUT2D eigenvalue weighted by molar-refractivity contribution is 5.97. The van der Waals surface area contributed by atoms with Crippen molar-refractivity contribution >= 4 is 29.3 Å². The molecular formula is C20H20F2N4O4. The summed E-state index contributed by atoms with van der Waals surface area (Å²) in [4.78, 5) is 35.3. The lowest BCUT2D eigenvalue weighted by Gasteiger charge is -2.15. The lowest BCUT2D eigenvalue weighted by atomic mass is 10.1. The number of amides is 2. The summed E-state index contributed by atoms with van der Waals surface area (Å²) in [5.41, 5.74) is 6.36. The average molecular weight is 418 g/mol. The predicted molar refractivity (Wildman–Crippen MR) is 105 cm³/mol. The van der Waals surface area contributed by atoms with E-state index in [-0.39, 0.29) is 30.7 Å². The van der Waals surface area contributed by atoms with E-state index >= 15 is 0 Å². The quantitative estimate of drug-likeness (QED) is 0.311. The maximum Gasteiger partial charge on any atom is 0.326 e. The fraction of sp³-hybridized carbons (Fsp3) is 0.200. The van der Waals surface area contributed by atoms with Crippen molar-refractivity contribution in [3.8, 4) is 0 Å². The van der Waals surface area contributed by atoms with Gasteiger partial charge in [0.05, 0.1) is 0 Å². The van der Waals surface area contributed by atoms with Crippen molar-refractivity contribution in [3.63, 3.8) is 0 Å². The lowest BCUT2D eigenvalue weighted by Crippen LogP contribution is -2.42. The molecule has 10 heteroatoms. The van der Waals surface area contributed by atoms with Gasteiger partial charge in [-0.25, -0.2) is 13.6 Å². The number of aliphatic carboxylic acids is 1. The van der Waals surface area contributed by atoms with Gasteiger partial charge in [0.1, 0.15) is 23.5 Å². The Balaban J connectivity index is 1.86. The number of carboxylic acid groups (broad SMARTS) is 1. The van der Waals surface area contributed by atoms with Crippen LogP contribution in [0.3, 0.4) is 0 Å².